The predicted molar refractivity (Wildman–Crippen MR) is 64.3 cm³/mol. The molecule has 7 nitrogen and oxygen atoms in total. The van der Waals surface area contributed by atoms with Crippen LogP contribution in [0.2, 0.25) is 0 Å². The number of nitro groups is 1. The van der Waals surface area contributed by atoms with E-state index in [4.69, 9.17) is 10.00 Å². The van der Waals surface area contributed by atoms with Crippen molar-refractivity contribution >= 4 is 11.6 Å². The molecule has 2 rings (SSSR count). The minimum atomic E-state index is -0.954. The monoisotopic (exact) mass is 279 g/mol. The molecule has 1 fully saturated rings. The second kappa shape index (κ2) is 5.63. The number of non-ortho nitro benzene ring substituents is 1. The smallest absolute Gasteiger partial charge is 0.272 e. The summed E-state index contributed by atoms with van der Waals surface area (Å²) in [5.41, 5.74) is -0.676. The van der Waals surface area contributed by atoms with E-state index in [1.54, 1.807) is 0 Å². The molecule has 0 radical (unpaired) electrons. The number of nitrogens with zero attached hydrogens (tertiary/aromatic N) is 3. The summed E-state index contributed by atoms with van der Waals surface area (Å²) in [5.74, 6) is -1.56. The van der Waals surface area contributed by atoms with Gasteiger partial charge in [0, 0.05) is 12.6 Å². The molecule has 0 aliphatic carbocycles. The van der Waals surface area contributed by atoms with Crippen LogP contribution in [0.1, 0.15) is 10.4 Å². The van der Waals surface area contributed by atoms with Crippen LogP contribution >= 0.6 is 0 Å². The van der Waals surface area contributed by atoms with Gasteiger partial charge in [-0.2, -0.15) is 5.26 Å². The average Bonchev–Trinajstić information content (AvgIpc) is 2.46. The fourth-order valence-corrected chi connectivity index (χ4v) is 1.87. The van der Waals surface area contributed by atoms with Crippen molar-refractivity contribution in [3.63, 3.8) is 0 Å². The van der Waals surface area contributed by atoms with E-state index in [0.717, 1.165) is 12.1 Å². The van der Waals surface area contributed by atoms with Crippen LogP contribution in [0.3, 0.4) is 0 Å². The first kappa shape index (κ1) is 13.9. The Labute approximate surface area is 113 Å². The molecule has 1 aliphatic rings. The normalized spacial score (nSPS) is 18.4. The van der Waals surface area contributed by atoms with E-state index in [2.05, 4.69) is 0 Å². The Morgan fingerprint density at radius 2 is 2.35 bits per heavy atom. The van der Waals surface area contributed by atoms with Crippen molar-refractivity contribution in [2.45, 2.75) is 6.10 Å². The molecule has 20 heavy (non-hydrogen) atoms. The number of nitriles is 1. The third-order valence-electron chi connectivity index (χ3n) is 2.89. The van der Waals surface area contributed by atoms with Gasteiger partial charge in [0.05, 0.1) is 35.8 Å². The molecule has 1 aromatic rings. The Bertz CT molecular complexity index is 599. The Hall–Kier alpha value is -2.53. The highest BCUT2D eigenvalue weighted by Crippen LogP contribution is 2.19. The lowest BCUT2D eigenvalue weighted by atomic mass is 10.1. The topological polar surface area (TPSA) is 96.5 Å². The summed E-state index contributed by atoms with van der Waals surface area (Å²) in [6.07, 6.45) is -0.742. The van der Waals surface area contributed by atoms with E-state index in [-0.39, 0.29) is 25.3 Å². The summed E-state index contributed by atoms with van der Waals surface area (Å²) >= 11 is 0. The first-order valence-electron chi connectivity index (χ1n) is 5.77. The highest BCUT2D eigenvalue weighted by molar-refractivity contribution is 5.94. The number of morpholine rings is 1. The van der Waals surface area contributed by atoms with Gasteiger partial charge in [0.15, 0.2) is 6.10 Å². The van der Waals surface area contributed by atoms with Gasteiger partial charge in [-0.1, -0.05) is 0 Å². The second-order valence-electron chi connectivity index (χ2n) is 4.16. The van der Waals surface area contributed by atoms with Crippen LogP contribution in [-0.4, -0.2) is 41.5 Å². The maximum absolute atomic E-state index is 13.7. The summed E-state index contributed by atoms with van der Waals surface area (Å²) in [6.45, 7) is 0.484. The SMILES string of the molecule is N#CC1CN(C(=O)c2ccc([N+](=O)[O-])cc2F)CCO1. The van der Waals surface area contributed by atoms with Gasteiger partial charge in [-0.25, -0.2) is 4.39 Å². The number of halogens is 1. The summed E-state index contributed by atoms with van der Waals surface area (Å²) < 4.78 is 18.8. The van der Waals surface area contributed by atoms with Crippen molar-refractivity contribution in [2.75, 3.05) is 19.7 Å². The van der Waals surface area contributed by atoms with Gasteiger partial charge in [-0.05, 0) is 6.07 Å². The number of carbonyl (C=O) groups excluding carboxylic acids is 1. The number of benzene rings is 1. The fourth-order valence-electron chi connectivity index (χ4n) is 1.87. The van der Waals surface area contributed by atoms with Crippen LogP contribution in [0.25, 0.3) is 0 Å². The summed E-state index contributed by atoms with van der Waals surface area (Å²) in [7, 11) is 0. The Morgan fingerprint density at radius 3 is 2.95 bits per heavy atom. The number of hydrogen-bond acceptors (Lipinski definition) is 5. The van der Waals surface area contributed by atoms with Gasteiger partial charge in [0.2, 0.25) is 0 Å². The number of ether oxygens (including phenoxy) is 1. The molecule has 1 aliphatic heterocycles. The maximum Gasteiger partial charge on any atom is 0.272 e. The van der Waals surface area contributed by atoms with Crippen molar-refractivity contribution in [3.05, 3.63) is 39.7 Å². The minimum Gasteiger partial charge on any atom is -0.360 e. The first-order valence-corrected chi connectivity index (χ1v) is 5.77. The standard InChI is InChI=1S/C12H10FN3O4/c13-11-5-8(16(18)19)1-2-10(11)12(17)15-3-4-20-9(6-14)7-15/h1-2,5,9H,3-4,7H2. The molecule has 0 N–H and O–H groups in total. The van der Waals surface area contributed by atoms with Crippen molar-refractivity contribution in [2.24, 2.45) is 0 Å². The zero-order valence-corrected chi connectivity index (χ0v) is 10.3. The largest absolute Gasteiger partial charge is 0.360 e. The van der Waals surface area contributed by atoms with E-state index in [9.17, 15) is 19.3 Å². The second-order valence-corrected chi connectivity index (χ2v) is 4.16. The van der Waals surface area contributed by atoms with Gasteiger partial charge in [-0.3, -0.25) is 14.9 Å². The van der Waals surface area contributed by atoms with Gasteiger partial charge in [0.25, 0.3) is 11.6 Å². The molecule has 0 saturated carbocycles. The van der Waals surface area contributed by atoms with Crippen LogP contribution < -0.4 is 0 Å². The fraction of sp³-hybridized carbons (Fsp3) is 0.333. The van der Waals surface area contributed by atoms with E-state index < -0.39 is 28.4 Å². The van der Waals surface area contributed by atoms with Gasteiger partial charge in [0.1, 0.15) is 5.82 Å². The molecule has 104 valence electrons. The number of carbonyl (C=O) groups is 1. The lowest BCUT2D eigenvalue weighted by Crippen LogP contribution is -2.45. The van der Waals surface area contributed by atoms with Crippen LogP contribution in [0.4, 0.5) is 10.1 Å². The summed E-state index contributed by atoms with van der Waals surface area (Å²) in [6, 6.07) is 4.73. The molecule has 8 heteroatoms. The zero-order chi connectivity index (χ0) is 14.7. The maximum atomic E-state index is 13.7. The van der Waals surface area contributed by atoms with Gasteiger partial charge in [-0.15, -0.1) is 0 Å². The number of rotatable bonds is 2. The van der Waals surface area contributed by atoms with Crippen molar-refractivity contribution in [1.82, 2.24) is 4.90 Å². The van der Waals surface area contributed by atoms with Crippen LogP contribution in [0.5, 0.6) is 0 Å². The van der Waals surface area contributed by atoms with Crippen molar-refractivity contribution in [3.8, 4) is 6.07 Å². The molecular weight excluding hydrogens is 269 g/mol. The highest BCUT2D eigenvalue weighted by atomic mass is 19.1. The first-order chi connectivity index (χ1) is 9.52. The molecule has 1 heterocycles. The van der Waals surface area contributed by atoms with E-state index in [1.165, 1.54) is 4.90 Å². The number of hydrogen-bond donors (Lipinski definition) is 0. The third kappa shape index (κ3) is 2.73. The predicted octanol–water partition coefficient (Wildman–Crippen LogP) is 1.10. The quantitative estimate of drug-likeness (QED) is 0.596. The molecule has 1 saturated heterocycles. The number of amides is 1. The van der Waals surface area contributed by atoms with Gasteiger partial charge >= 0.3 is 0 Å². The average molecular weight is 279 g/mol. The molecule has 1 atom stereocenters. The molecule has 1 unspecified atom stereocenters. The molecule has 1 aromatic carbocycles. The lowest BCUT2D eigenvalue weighted by molar-refractivity contribution is -0.385. The minimum absolute atomic E-state index is 0.0474. The van der Waals surface area contributed by atoms with Gasteiger partial charge < -0.3 is 9.64 Å². The zero-order valence-electron chi connectivity index (χ0n) is 10.3. The summed E-state index contributed by atoms with van der Waals surface area (Å²) in [5, 5.41) is 19.3. The molecule has 1 amide bonds. The van der Waals surface area contributed by atoms with E-state index >= 15 is 0 Å². The molecule has 0 aromatic heterocycles. The lowest BCUT2D eigenvalue weighted by Gasteiger charge is -2.29. The van der Waals surface area contributed by atoms with E-state index in [0.29, 0.717) is 6.07 Å². The molecular formula is C12H10FN3O4. The number of nitro benzene ring substituents is 1. The Kier molecular flexibility index (Phi) is 3.91. The molecule has 0 spiro atoms. The van der Waals surface area contributed by atoms with E-state index in [1.807, 2.05) is 6.07 Å². The molecule has 0 bridgehead atoms. The van der Waals surface area contributed by atoms with Crippen LogP contribution in [0, 0.1) is 27.3 Å². The summed E-state index contributed by atoms with van der Waals surface area (Å²) in [4.78, 5) is 23.2. The van der Waals surface area contributed by atoms with Crippen molar-refractivity contribution in [1.29, 1.82) is 5.26 Å². The third-order valence-corrected chi connectivity index (χ3v) is 2.89. The highest BCUT2D eigenvalue weighted by Gasteiger charge is 2.27. The van der Waals surface area contributed by atoms with Crippen molar-refractivity contribution < 1.29 is 18.8 Å². The van der Waals surface area contributed by atoms with Crippen LogP contribution in [-0.2, 0) is 4.74 Å². The Morgan fingerprint density at radius 1 is 1.60 bits per heavy atom. The Balaban J connectivity index is 2.21. The van der Waals surface area contributed by atoms with Crippen LogP contribution in [0.15, 0.2) is 18.2 Å².